The van der Waals surface area contributed by atoms with Crippen LogP contribution in [0.15, 0.2) is 48.5 Å². The van der Waals surface area contributed by atoms with Crippen LogP contribution in [-0.4, -0.2) is 64.4 Å². The second-order valence-electron chi connectivity index (χ2n) is 8.95. The number of carboxylic acid groups (broad SMARTS) is 1. The molecule has 3 atom stereocenters. The third-order valence-electron chi connectivity index (χ3n) is 6.61. The van der Waals surface area contributed by atoms with Crippen LogP contribution in [0.3, 0.4) is 0 Å². The largest absolute Gasteiger partial charge is 0.480 e. The summed E-state index contributed by atoms with van der Waals surface area (Å²) in [6.45, 7) is 2.10. The van der Waals surface area contributed by atoms with Crippen LogP contribution < -0.4 is 5.32 Å². The quantitative estimate of drug-likeness (QED) is 0.551. The molecule has 0 aromatic heterocycles. The van der Waals surface area contributed by atoms with E-state index < -0.39 is 36.2 Å². The Morgan fingerprint density at radius 2 is 1.71 bits per heavy atom. The summed E-state index contributed by atoms with van der Waals surface area (Å²) < 4.78 is 5.59. The van der Waals surface area contributed by atoms with E-state index in [-0.39, 0.29) is 31.9 Å². The Balaban J connectivity index is 1.37. The van der Waals surface area contributed by atoms with Crippen LogP contribution in [0.2, 0.25) is 0 Å². The first-order chi connectivity index (χ1) is 16.4. The Bertz CT molecular complexity index is 1030. The molecule has 0 unspecified atom stereocenters. The van der Waals surface area contributed by atoms with Gasteiger partial charge in [-0.3, -0.25) is 4.79 Å². The number of benzene rings is 2. The second kappa shape index (κ2) is 10.3. The van der Waals surface area contributed by atoms with Crippen molar-refractivity contribution in [2.24, 2.45) is 0 Å². The summed E-state index contributed by atoms with van der Waals surface area (Å²) in [4.78, 5) is 38.0. The molecule has 8 nitrogen and oxygen atoms in total. The Labute approximate surface area is 198 Å². The van der Waals surface area contributed by atoms with E-state index in [9.17, 15) is 24.6 Å². The standard InChI is InChI=1S/C26H30N2O6/c1-2-7-16(12-24(30)28-14-17(29)13-23(28)25(31)32)27-26(33)34-15-22-20-10-5-3-8-18(20)19-9-4-6-11-21(19)22/h3-6,8-11,16-17,22-23,29H,2,7,12-15H2,1H3,(H,27,33)(H,31,32)/t16-,17-,23+/m1/s1. The molecule has 0 saturated carbocycles. The number of likely N-dealkylation sites (tertiary alicyclic amines) is 1. The highest BCUT2D eigenvalue weighted by atomic mass is 16.5. The Morgan fingerprint density at radius 1 is 1.09 bits per heavy atom. The summed E-state index contributed by atoms with van der Waals surface area (Å²) in [7, 11) is 0. The summed E-state index contributed by atoms with van der Waals surface area (Å²) in [6.07, 6.45) is -0.223. The lowest BCUT2D eigenvalue weighted by atomic mass is 9.98. The number of aliphatic hydroxyl groups is 1. The Kier molecular flexibility index (Phi) is 7.17. The number of aliphatic hydroxyl groups excluding tert-OH is 1. The molecule has 1 heterocycles. The minimum Gasteiger partial charge on any atom is -0.480 e. The molecule has 1 saturated heterocycles. The molecular formula is C26H30N2O6. The summed E-state index contributed by atoms with van der Waals surface area (Å²) in [5, 5.41) is 21.9. The highest BCUT2D eigenvalue weighted by Gasteiger charge is 2.39. The van der Waals surface area contributed by atoms with Gasteiger partial charge < -0.3 is 25.2 Å². The maximum Gasteiger partial charge on any atom is 0.407 e. The molecule has 2 aliphatic rings. The van der Waals surface area contributed by atoms with Gasteiger partial charge in [-0.2, -0.15) is 0 Å². The summed E-state index contributed by atoms with van der Waals surface area (Å²) in [5.41, 5.74) is 4.51. The lowest BCUT2D eigenvalue weighted by Crippen LogP contribution is -2.45. The number of nitrogens with one attached hydrogen (secondary N) is 1. The Morgan fingerprint density at radius 3 is 2.29 bits per heavy atom. The minimum absolute atomic E-state index is 0.0132. The molecule has 2 aromatic carbocycles. The molecule has 1 aliphatic heterocycles. The maximum absolute atomic E-state index is 12.8. The smallest absolute Gasteiger partial charge is 0.407 e. The number of ether oxygens (including phenoxy) is 1. The van der Waals surface area contributed by atoms with E-state index in [2.05, 4.69) is 17.4 Å². The molecule has 4 rings (SSSR count). The van der Waals surface area contributed by atoms with E-state index in [0.717, 1.165) is 28.7 Å². The fourth-order valence-electron chi connectivity index (χ4n) is 5.03. The van der Waals surface area contributed by atoms with Crippen molar-refractivity contribution in [3.8, 4) is 11.1 Å². The predicted molar refractivity (Wildman–Crippen MR) is 125 cm³/mol. The van der Waals surface area contributed by atoms with Gasteiger partial charge in [0.2, 0.25) is 5.91 Å². The number of fused-ring (bicyclic) bond motifs is 3. The van der Waals surface area contributed by atoms with Gasteiger partial charge in [-0.1, -0.05) is 61.9 Å². The van der Waals surface area contributed by atoms with Crippen LogP contribution in [0.5, 0.6) is 0 Å². The monoisotopic (exact) mass is 466 g/mol. The number of carbonyl (C=O) groups is 3. The van der Waals surface area contributed by atoms with Crippen LogP contribution >= 0.6 is 0 Å². The highest BCUT2D eigenvalue weighted by Crippen LogP contribution is 2.44. The zero-order chi connectivity index (χ0) is 24.2. The van der Waals surface area contributed by atoms with E-state index in [1.54, 1.807) is 0 Å². The first kappa shape index (κ1) is 23.8. The van der Waals surface area contributed by atoms with Gasteiger partial charge in [-0.15, -0.1) is 0 Å². The second-order valence-corrected chi connectivity index (χ2v) is 8.95. The van der Waals surface area contributed by atoms with Crippen LogP contribution in [0.25, 0.3) is 11.1 Å². The van der Waals surface area contributed by atoms with Gasteiger partial charge in [0.25, 0.3) is 0 Å². The third kappa shape index (κ3) is 4.92. The van der Waals surface area contributed by atoms with Gasteiger partial charge in [-0.25, -0.2) is 9.59 Å². The molecule has 3 N–H and O–H groups in total. The lowest BCUT2D eigenvalue weighted by Gasteiger charge is -2.25. The van der Waals surface area contributed by atoms with Crippen LogP contribution in [-0.2, 0) is 14.3 Å². The molecule has 0 bridgehead atoms. The fraction of sp³-hybridized carbons (Fsp3) is 0.423. The van der Waals surface area contributed by atoms with Gasteiger partial charge in [0.05, 0.1) is 6.10 Å². The highest BCUT2D eigenvalue weighted by molar-refractivity contribution is 5.85. The number of hydrogen-bond donors (Lipinski definition) is 3. The number of alkyl carbamates (subject to hydrolysis) is 1. The third-order valence-corrected chi connectivity index (χ3v) is 6.61. The van der Waals surface area contributed by atoms with Crippen molar-refractivity contribution in [2.75, 3.05) is 13.2 Å². The van der Waals surface area contributed by atoms with Gasteiger partial charge in [0.1, 0.15) is 12.6 Å². The number of β-amino-alcohol motifs (C(OH)–C–C–N with tert-alkyl or cyclic N) is 1. The molecule has 0 radical (unpaired) electrons. The number of carboxylic acids is 1. The lowest BCUT2D eigenvalue weighted by molar-refractivity contribution is -0.148. The average molecular weight is 467 g/mol. The van der Waals surface area contributed by atoms with E-state index in [1.165, 1.54) is 4.90 Å². The molecule has 1 fully saturated rings. The number of nitrogens with zero attached hydrogens (tertiary/aromatic N) is 1. The van der Waals surface area contributed by atoms with E-state index in [0.29, 0.717) is 6.42 Å². The average Bonchev–Trinajstić information content (AvgIpc) is 3.36. The molecule has 180 valence electrons. The minimum atomic E-state index is -1.14. The fourth-order valence-corrected chi connectivity index (χ4v) is 5.03. The molecule has 2 aromatic rings. The van der Waals surface area contributed by atoms with E-state index in [4.69, 9.17) is 4.74 Å². The van der Waals surface area contributed by atoms with Crippen LogP contribution in [0.4, 0.5) is 4.79 Å². The van der Waals surface area contributed by atoms with Crippen molar-refractivity contribution in [3.63, 3.8) is 0 Å². The summed E-state index contributed by atoms with van der Waals surface area (Å²) >= 11 is 0. The van der Waals surface area contributed by atoms with Crippen molar-refractivity contribution in [1.29, 1.82) is 0 Å². The van der Waals surface area contributed by atoms with Gasteiger partial charge in [-0.05, 0) is 28.7 Å². The predicted octanol–water partition coefficient (Wildman–Crippen LogP) is 3.13. The number of aliphatic carboxylic acids is 1. The van der Waals surface area contributed by atoms with E-state index >= 15 is 0 Å². The van der Waals surface area contributed by atoms with E-state index in [1.807, 2.05) is 43.3 Å². The van der Waals surface area contributed by atoms with Crippen molar-refractivity contribution in [2.45, 2.75) is 56.7 Å². The maximum atomic E-state index is 12.8. The first-order valence-electron chi connectivity index (χ1n) is 11.7. The van der Waals surface area contributed by atoms with Gasteiger partial charge >= 0.3 is 12.1 Å². The number of rotatable bonds is 8. The van der Waals surface area contributed by atoms with Crippen molar-refractivity contribution in [3.05, 3.63) is 59.7 Å². The summed E-state index contributed by atoms with van der Waals surface area (Å²) in [6, 6.07) is 14.6. The van der Waals surface area contributed by atoms with Gasteiger partial charge in [0.15, 0.2) is 0 Å². The number of amides is 2. The molecular weight excluding hydrogens is 436 g/mol. The Hall–Kier alpha value is -3.39. The zero-order valence-corrected chi connectivity index (χ0v) is 19.1. The topological polar surface area (TPSA) is 116 Å². The van der Waals surface area contributed by atoms with Crippen LogP contribution in [0.1, 0.15) is 49.7 Å². The molecule has 8 heteroatoms. The van der Waals surface area contributed by atoms with Crippen LogP contribution in [0, 0.1) is 0 Å². The number of carbonyl (C=O) groups excluding carboxylic acids is 2. The van der Waals surface area contributed by atoms with Gasteiger partial charge in [0, 0.05) is 31.3 Å². The number of hydrogen-bond acceptors (Lipinski definition) is 5. The van der Waals surface area contributed by atoms with Crippen molar-refractivity contribution < 1.29 is 29.3 Å². The molecule has 0 spiro atoms. The molecule has 2 amide bonds. The summed E-state index contributed by atoms with van der Waals surface area (Å²) in [5.74, 6) is -1.60. The normalized spacial score (nSPS) is 19.9. The van der Waals surface area contributed by atoms with Crippen molar-refractivity contribution >= 4 is 18.0 Å². The molecule has 34 heavy (non-hydrogen) atoms. The van der Waals surface area contributed by atoms with Crippen molar-refractivity contribution in [1.82, 2.24) is 10.2 Å². The SMILES string of the molecule is CCC[C@H](CC(=O)N1C[C@H](O)C[C@H]1C(=O)O)NC(=O)OCC1c2ccccc2-c2ccccc21. The first-order valence-corrected chi connectivity index (χ1v) is 11.7. The molecule has 1 aliphatic carbocycles. The zero-order valence-electron chi connectivity index (χ0n) is 19.1.